The minimum atomic E-state index is -3.80. The van der Waals surface area contributed by atoms with Gasteiger partial charge in [0.15, 0.2) is 5.76 Å². The number of halogens is 1. The van der Waals surface area contributed by atoms with Crippen molar-refractivity contribution in [1.29, 1.82) is 0 Å². The molecule has 4 rings (SSSR count). The van der Waals surface area contributed by atoms with E-state index in [0.29, 0.717) is 18.7 Å². The molecule has 0 saturated carbocycles. The summed E-state index contributed by atoms with van der Waals surface area (Å²) in [5.41, 5.74) is 2.05. The lowest BCUT2D eigenvalue weighted by Gasteiger charge is -2.16. The molecule has 1 aliphatic heterocycles. The Kier molecular flexibility index (Phi) is 4.41. The molecule has 0 unspecified atom stereocenters. The van der Waals surface area contributed by atoms with E-state index < -0.39 is 10.0 Å². The summed E-state index contributed by atoms with van der Waals surface area (Å²) in [4.78, 5) is 14.2. The highest BCUT2D eigenvalue weighted by Gasteiger charge is 2.27. The van der Waals surface area contributed by atoms with Crippen LogP contribution in [-0.2, 0) is 16.4 Å². The first kappa shape index (κ1) is 17.6. The summed E-state index contributed by atoms with van der Waals surface area (Å²) >= 11 is 6.00. The predicted octanol–water partition coefficient (Wildman–Crippen LogP) is 3.94. The van der Waals surface area contributed by atoms with Crippen LogP contribution in [0.15, 0.2) is 70.2 Å². The van der Waals surface area contributed by atoms with Gasteiger partial charge in [0.05, 0.1) is 11.3 Å². The lowest BCUT2D eigenvalue weighted by atomic mass is 10.1. The summed E-state index contributed by atoms with van der Waals surface area (Å²) in [7, 11) is -3.80. The number of anilines is 2. The monoisotopic (exact) mass is 402 g/mol. The highest BCUT2D eigenvalue weighted by molar-refractivity contribution is 7.92. The third-order valence-corrected chi connectivity index (χ3v) is 6.21. The van der Waals surface area contributed by atoms with Gasteiger partial charge in [0.25, 0.3) is 15.9 Å². The van der Waals surface area contributed by atoms with E-state index in [2.05, 4.69) is 4.72 Å². The molecule has 0 fully saturated rings. The van der Waals surface area contributed by atoms with Crippen molar-refractivity contribution in [3.63, 3.8) is 0 Å². The average Bonchev–Trinajstić information content (AvgIpc) is 3.31. The van der Waals surface area contributed by atoms with E-state index in [1.165, 1.54) is 18.4 Å². The number of benzene rings is 2. The first-order chi connectivity index (χ1) is 13.0. The maximum absolute atomic E-state index is 12.6. The third kappa shape index (κ3) is 3.31. The van der Waals surface area contributed by atoms with Crippen LogP contribution in [0.1, 0.15) is 16.1 Å². The van der Waals surface area contributed by atoms with Gasteiger partial charge < -0.3 is 9.32 Å². The summed E-state index contributed by atoms with van der Waals surface area (Å²) < 4.78 is 32.9. The van der Waals surface area contributed by atoms with E-state index in [0.717, 1.165) is 11.3 Å². The van der Waals surface area contributed by atoms with Gasteiger partial charge >= 0.3 is 0 Å². The van der Waals surface area contributed by atoms with Gasteiger partial charge in [-0.15, -0.1) is 0 Å². The highest BCUT2D eigenvalue weighted by atomic mass is 35.5. The molecule has 2 heterocycles. The highest BCUT2D eigenvalue weighted by Crippen LogP contribution is 2.33. The van der Waals surface area contributed by atoms with Crippen LogP contribution in [0.25, 0.3) is 0 Å². The van der Waals surface area contributed by atoms with E-state index in [1.807, 2.05) is 0 Å². The predicted molar refractivity (Wildman–Crippen MR) is 103 cm³/mol. The second kappa shape index (κ2) is 6.75. The Balaban J connectivity index is 1.60. The number of rotatable bonds is 4. The SMILES string of the molecule is O=C(c1ccco1)N1CCc2cc(NS(=O)(=O)c3ccccc3Cl)ccc21. The van der Waals surface area contributed by atoms with Crippen LogP contribution in [0.4, 0.5) is 11.4 Å². The van der Waals surface area contributed by atoms with Crippen LogP contribution in [0, 0.1) is 0 Å². The number of nitrogens with zero attached hydrogens (tertiary/aromatic N) is 1. The molecule has 27 heavy (non-hydrogen) atoms. The fraction of sp³-hybridized carbons (Fsp3) is 0.105. The van der Waals surface area contributed by atoms with Gasteiger partial charge in [-0.05, 0) is 54.4 Å². The van der Waals surface area contributed by atoms with Crippen molar-refractivity contribution in [2.75, 3.05) is 16.2 Å². The minimum absolute atomic E-state index is 0.0155. The van der Waals surface area contributed by atoms with Crippen molar-refractivity contribution in [1.82, 2.24) is 0 Å². The molecule has 8 heteroatoms. The Morgan fingerprint density at radius 3 is 2.67 bits per heavy atom. The Bertz CT molecular complexity index is 1110. The Morgan fingerprint density at radius 2 is 1.93 bits per heavy atom. The Morgan fingerprint density at radius 1 is 1.11 bits per heavy atom. The zero-order chi connectivity index (χ0) is 19.0. The number of sulfonamides is 1. The molecule has 6 nitrogen and oxygen atoms in total. The molecule has 0 radical (unpaired) electrons. The van der Waals surface area contributed by atoms with Gasteiger partial charge in [0.1, 0.15) is 4.90 Å². The number of carbonyl (C=O) groups is 1. The Labute approximate surface area is 161 Å². The molecule has 138 valence electrons. The normalized spacial score (nSPS) is 13.4. The van der Waals surface area contributed by atoms with Gasteiger partial charge in [-0.25, -0.2) is 8.42 Å². The molecule has 1 aromatic heterocycles. The van der Waals surface area contributed by atoms with Crippen LogP contribution >= 0.6 is 11.6 Å². The van der Waals surface area contributed by atoms with E-state index in [1.54, 1.807) is 47.4 Å². The maximum Gasteiger partial charge on any atom is 0.293 e. The van der Waals surface area contributed by atoms with E-state index >= 15 is 0 Å². The van der Waals surface area contributed by atoms with Crippen LogP contribution in [0.2, 0.25) is 5.02 Å². The molecule has 1 aliphatic rings. The maximum atomic E-state index is 12.6. The first-order valence-corrected chi connectivity index (χ1v) is 10.1. The van der Waals surface area contributed by atoms with Crippen LogP contribution in [0.5, 0.6) is 0 Å². The standard InChI is InChI=1S/C19H15ClN2O4S/c20-15-4-1-2-6-18(15)27(24,25)21-14-7-8-16-13(12-14)9-10-22(16)19(23)17-5-3-11-26-17/h1-8,11-12,21H,9-10H2. The van der Waals surface area contributed by atoms with Crippen molar-refractivity contribution >= 4 is 38.9 Å². The molecule has 2 aromatic carbocycles. The molecule has 1 N–H and O–H groups in total. The van der Waals surface area contributed by atoms with E-state index in [-0.39, 0.29) is 21.6 Å². The molecule has 1 amide bonds. The van der Waals surface area contributed by atoms with Gasteiger partial charge in [-0.2, -0.15) is 0 Å². The molecular weight excluding hydrogens is 388 g/mol. The van der Waals surface area contributed by atoms with Gasteiger partial charge in [-0.1, -0.05) is 23.7 Å². The average molecular weight is 403 g/mol. The summed E-state index contributed by atoms with van der Waals surface area (Å²) in [6.45, 7) is 0.510. The molecule has 3 aromatic rings. The second-order valence-electron chi connectivity index (χ2n) is 6.06. The quantitative estimate of drug-likeness (QED) is 0.716. The molecular formula is C19H15ClN2O4S. The molecule has 0 spiro atoms. The summed E-state index contributed by atoms with van der Waals surface area (Å²) in [6, 6.07) is 14.6. The molecule has 0 saturated heterocycles. The van der Waals surface area contributed by atoms with Crippen molar-refractivity contribution < 1.29 is 17.6 Å². The fourth-order valence-corrected chi connectivity index (χ4v) is 4.65. The number of nitrogens with one attached hydrogen (secondary N) is 1. The summed E-state index contributed by atoms with van der Waals surface area (Å²) in [5, 5.41) is 0.154. The third-order valence-electron chi connectivity index (χ3n) is 4.33. The van der Waals surface area contributed by atoms with Gasteiger partial charge in [-0.3, -0.25) is 9.52 Å². The number of amides is 1. The fourth-order valence-electron chi connectivity index (χ4n) is 3.08. The van der Waals surface area contributed by atoms with Gasteiger partial charge in [0.2, 0.25) is 0 Å². The lowest BCUT2D eigenvalue weighted by Crippen LogP contribution is -2.28. The molecule has 0 bridgehead atoms. The van der Waals surface area contributed by atoms with Crippen molar-refractivity contribution in [3.05, 3.63) is 77.2 Å². The second-order valence-corrected chi connectivity index (χ2v) is 8.12. The largest absolute Gasteiger partial charge is 0.459 e. The lowest BCUT2D eigenvalue weighted by molar-refractivity contribution is 0.0963. The van der Waals surface area contributed by atoms with E-state index in [9.17, 15) is 13.2 Å². The first-order valence-electron chi connectivity index (χ1n) is 8.21. The number of fused-ring (bicyclic) bond motifs is 1. The number of furan rings is 1. The number of hydrogen-bond acceptors (Lipinski definition) is 4. The summed E-state index contributed by atoms with van der Waals surface area (Å²) in [5.74, 6) is 0.0505. The number of hydrogen-bond donors (Lipinski definition) is 1. The van der Waals surface area contributed by atoms with Crippen LogP contribution < -0.4 is 9.62 Å². The minimum Gasteiger partial charge on any atom is -0.459 e. The summed E-state index contributed by atoms with van der Waals surface area (Å²) in [6.07, 6.45) is 2.08. The molecule has 0 aliphatic carbocycles. The topological polar surface area (TPSA) is 79.6 Å². The van der Waals surface area contributed by atoms with Crippen molar-refractivity contribution in [3.8, 4) is 0 Å². The molecule has 0 atom stereocenters. The van der Waals surface area contributed by atoms with Crippen molar-refractivity contribution in [2.24, 2.45) is 0 Å². The smallest absolute Gasteiger partial charge is 0.293 e. The number of carbonyl (C=O) groups excluding carboxylic acids is 1. The van der Waals surface area contributed by atoms with Crippen LogP contribution in [0.3, 0.4) is 0 Å². The van der Waals surface area contributed by atoms with E-state index in [4.69, 9.17) is 16.0 Å². The van der Waals surface area contributed by atoms with Crippen molar-refractivity contribution in [2.45, 2.75) is 11.3 Å². The van der Waals surface area contributed by atoms with Gasteiger partial charge in [0, 0.05) is 17.9 Å². The van der Waals surface area contributed by atoms with Crippen LogP contribution in [-0.4, -0.2) is 20.9 Å². The zero-order valence-electron chi connectivity index (χ0n) is 14.1. The zero-order valence-corrected chi connectivity index (χ0v) is 15.6. The Hall–Kier alpha value is -2.77.